The molecule has 0 aliphatic heterocycles. The maximum absolute atomic E-state index is 12.2. The SMILES string of the molecule is O=C(O)[C@H](N[C@H](CO)c1ccccc1)C12CC3CC(CC(C3)C1)C2. The Hall–Kier alpha value is -1.39. The molecule has 4 aliphatic rings. The lowest BCUT2D eigenvalue weighted by molar-refractivity contribution is -0.152. The van der Waals surface area contributed by atoms with Gasteiger partial charge in [-0.05, 0) is 67.3 Å². The standard InChI is InChI=1S/C20H27NO3/c22-12-17(16-4-2-1-3-5-16)21-18(19(23)24)20-9-13-6-14(10-20)8-15(7-13)11-20/h1-5,13-15,17-18,21-22H,6-12H2,(H,23,24)/t13?,14?,15?,17-,18+,20?/m1/s1. The number of rotatable bonds is 6. The Morgan fingerprint density at radius 3 is 2.08 bits per heavy atom. The molecule has 4 nitrogen and oxygen atoms in total. The Kier molecular flexibility index (Phi) is 4.13. The van der Waals surface area contributed by atoms with Crippen molar-refractivity contribution in [1.29, 1.82) is 0 Å². The van der Waals surface area contributed by atoms with Crippen LogP contribution in [0.3, 0.4) is 0 Å². The van der Waals surface area contributed by atoms with Crippen LogP contribution in [0.1, 0.15) is 50.1 Å². The second-order valence-corrected chi connectivity index (χ2v) is 8.36. The van der Waals surface area contributed by atoms with E-state index in [2.05, 4.69) is 5.32 Å². The summed E-state index contributed by atoms with van der Waals surface area (Å²) in [6.07, 6.45) is 7.01. The van der Waals surface area contributed by atoms with Crippen molar-refractivity contribution in [3.8, 4) is 0 Å². The number of nitrogens with one attached hydrogen (secondary N) is 1. The van der Waals surface area contributed by atoms with E-state index in [1.165, 1.54) is 19.3 Å². The van der Waals surface area contributed by atoms with Gasteiger partial charge in [0.2, 0.25) is 0 Å². The highest BCUT2D eigenvalue weighted by Gasteiger charge is 2.56. The Labute approximate surface area is 143 Å². The normalized spacial score (nSPS) is 36.5. The minimum Gasteiger partial charge on any atom is -0.480 e. The van der Waals surface area contributed by atoms with Crippen LogP contribution in [0.4, 0.5) is 0 Å². The van der Waals surface area contributed by atoms with E-state index >= 15 is 0 Å². The lowest BCUT2D eigenvalue weighted by Gasteiger charge is -2.59. The zero-order valence-electron chi connectivity index (χ0n) is 14.0. The third kappa shape index (κ3) is 2.76. The van der Waals surface area contributed by atoms with Crippen molar-refractivity contribution >= 4 is 5.97 Å². The van der Waals surface area contributed by atoms with E-state index in [0.29, 0.717) is 17.8 Å². The number of aliphatic carboxylic acids is 1. The fraction of sp³-hybridized carbons (Fsp3) is 0.650. The summed E-state index contributed by atoms with van der Waals surface area (Å²) in [5.41, 5.74) is 0.832. The smallest absolute Gasteiger partial charge is 0.321 e. The molecule has 4 saturated carbocycles. The van der Waals surface area contributed by atoms with E-state index in [0.717, 1.165) is 24.8 Å². The Morgan fingerprint density at radius 1 is 1.08 bits per heavy atom. The summed E-state index contributed by atoms with van der Waals surface area (Å²) < 4.78 is 0. The maximum Gasteiger partial charge on any atom is 0.321 e. The predicted molar refractivity (Wildman–Crippen MR) is 91.4 cm³/mol. The third-order valence-corrected chi connectivity index (χ3v) is 6.70. The molecule has 0 unspecified atom stereocenters. The summed E-state index contributed by atoms with van der Waals surface area (Å²) in [6.45, 7) is -0.0832. The first-order valence-corrected chi connectivity index (χ1v) is 9.24. The second kappa shape index (κ2) is 6.16. The number of aliphatic hydroxyl groups excluding tert-OH is 1. The van der Waals surface area contributed by atoms with Crippen molar-refractivity contribution in [2.24, 2.45) is 23.2 Å². The van der Waals surface area contributed by atoms with Crippen LogP contribution in [-0.4, -0.2) is 28.8 Å². The van der Waals surface area contributed by atoms with Crippen LogP contribution in [-0.2, 0) is 4.79 Å². The van der Waals surface area contributed by atoms with Gasteiger partial charge in [-0.3, -0.25) is 10.1 Å². The molecule has 130 valence electrons. The quantitative estimate of drug-likeness (QED) is 0.750. The molecule has 0 amide bonds. The summed E-state index contributed by atoms with van der Waals surface area (Å²) in [6, 6.07) is 8.81. The Morgan fingerprint density at radius 2 is 1.62 bits per heavy atom. The van der Waals surface area contributed by atoms with Gasteiger partial charge in [0, 0.05) is 0 Å². The Balaban J connectivity index is 1.59. The van der Waals surface area contributed by atoms with Gasteiger partial charge in [0.15, 0.2) is 0 Å². The minimum absolute atomic E-state index is 0.0832. The molecule has 1 aromatic carbocycles. The van der Waals surface area contributed by atoms with E-state index in [1.807, 2.05) is 30.3 Å². The van der Waals surface area contributed by atoms with E-state index in [1.54, 1.807) is 0 Å². The molecule has 0 aromatic heterocycles. The van der Waals surface area contributed by atoms with Gasteiger partial charge >= 0.3 is 5.97 Å². The van der Waals surface area contributed by atoms with E-state index in [4.69, 9.17) is 0 Å². The van der Waals surface area contributed by atoms with Crippen LogP contribution in [0, 0.1) is 23.2 Å². The highest BCUT2D eigenvalue weighted by atomic mass is 16.4. The van der Waals surface area contributed by atoms with Crippen molar-refractivity contribution in [3.05, 3.63) is 35.9 Å². The van der Waals surface area contributed by atoms with Crippen LogP contribution < -0.4 is 5.32 Å². The van der Waals surface area contributed by atoms with Crippen LogP contribution in [0.25, 0.3) is 0 Å². The molecule has 24 heavy (non-hydrogen) atoms. The molecule has 3 N–H and O–H groups in total. The van der Waals surface area contributed by atoms with E-state index in [-0.39, 0.29) is 18.1 Å². The minimum atomic E-state index is -0.758. The molecule has 4 fully saturated rings. The lowest BCUT2D eigenvalue weighted by Crippen LogP contribution is -2.59. The van der Waals surface area contributed by atoms with Crippen molar-refractivity contribution in [3.63, 3.8) is 0 Å². The van der Waals surface area contributed by atoms with Crippen LogP contribution >= 0.6 is 0 Å². The average Bonchev–Trinajstić information content (AvgIpc) is 2.54. The van der Waals surface area contributed by atoms with Gasteiger partial charge in [0.1, 0.15) is 6.04 Å². The third-order valence-electron chi connectivity index (χ3n) is 6.70. The first kappa shape index (κ1) is 16.1. The largest absolute Gasteiger partial charge is 0.480 e. The van der Waals surface area contributed by atoms with E-state index in [9.17, 15) is 15.0 Å². The predicted octanol–water partition coefficient (Wildman–Crippen LogP) is 2.98. The monoisotopic (exact) mass is 329 g/mol. The van der Waals surface area contributed by atoms with Gasteiger partial charge < -0.3 is 10.2 Å². The Bertz CT molecular complexity index is 565. The molecular formula is C20H27NO3. The van der Waals surface area contributed by atoms with Crippen molar-refractivity contribution in [2.45, 2.75) is 50.6 Å². The molecule has 0 radical (unpaired) electrons. The lowest BCUT2D eigenvalue weighted by atomic mass is 9.47. The van der Waals surface area contributed by atoms with Crippen molar-refractivity contribution in [2.75, 3.05) is 6.61 Å². The molecular weight excluding hydrogens is 302 g/mol. The average molecular weight is 329 g/mol. The number of aliphatic hydroxyl groups is 1. The molecule has 4 heteroatoms. The molecule has 1 aromatic rings. The zero-order valence-corrected chi connectivity index (χ0v) is 14.0. The number of hydrogen-bond acceptors (Lipinski definition) is 3. The molecule has 4 bridgehead atoms. The van der Waals surface area contributed by atoms with Gasteiger partial charge in [0.05, 0.1) is 12.6 Å². The zero-order chi connectivity index (χ0) is 16.7. The number of carboxylic acids is 1. The molecule has 0 spiro atoms. The summed E-state index contributed by atoms with van der Waals surface area (Å²) in [4.78, 5) is 12.2. The van der Waals surface area contributed by atoms with Crippen LogP contribution in [0.15, 0.2) is 30.3 Å². The molecule has 5 rings (SSSR count). The van der Waals surface area contributed by atoms with Crippen LogP contribution in [0.5, 0.6) is 0 Å². The fourth-order valence-electron chi connectivity index (χ4n) is 6.18. The topological polar surface area (TPSA) is 69.6 Å². The number of hydrogen-bond donors (Lipinski definition) is 3. The maximum atomic E-state index is 12.2. The summed E-state index contributed by atoms with van der Waals surface area (Å²) in [7, 11) is 0. The van der Waals surface area contributed by atoms with Crippen LogP contribution in [0.2, 0.25) is 0 Å². The fourth-order valence-corrected chi connectivity index (χ4v) is 6.18. The number of carboxylic acid groups (broad SMARTS) is 1. The van der Waals surface area contributed by atoms with E-state index < -0.39 is 12.0 Å². The first-order chi connectivity index (χ1) is 11.6. The summed E-state index contributed by atoms with van der Waals surface area (Å²) in [5, 5.41) is 23.1. The summed E-state index contributed by atoms with van der Waals surface area (Å²) >= 11 is 0. The van der Waals surface area contributed by atoms with Gasteiger partial charge in [-0.15, -0.1) is 0 Å². The summed E-state index contributed by atoms with van der Waals surface area (Å²) in [5.74, 6) is 1.38. The first-order valence-electron chi connectivity index (χ1n) is 9.24. The highest BCUT2D eigenvalue weighted by molar-refractivity contribution is 5.75. The van der Waals surface area contributed by atoms with Crippen molar-refractivity contribution < 1.29 is 15.0 Å². The molecule has 4 aliphatic carbocycles. The molecule has 2 atom stereocenters. The number of benzene rings is 1. The van der Waals surface area contributed by atoms with Gasteiger partial charge in [-0.25, -0.2) is 0 Å². The highest BCUT2D eigenvalue weighted by Crippen LogP contribution is 2.61. The molecule has 0 heterocycles. The number of carbonyl (C=O) groups is 1. The van der Waals surface area contributed by atoms with Gasteiger partial charge in [-0.2, -0.15) is 0 Å². The van der Waals surface area contributed by atoms with Gasteiger partial charge in [-0.1, -0.05) is 30.3 Å². The van der Waals surface area contributed by atoms with Gasteiger partial charge in [0.25, 0.3) is 0 Å². The second-order valence-electron chi connectivity index (χ2n) is 8.36. The van der Waals surface area contributed by atoms with Crippen molar-refractivity contribution in [1.82, 2.24) is 5.32 Å². The molecule has 0 saturated heterocycles.